The average Bonchev–Trinajstić information content (AvgIpc) is 2.57. The van der Waals surface area contributed by atoms with E-state index in [0.717, 1.165) is 34.8 Å². The molecule has 0 aliphatic carbocycles. The van der Waals surface area contributed by atoms with Crippen LogP contribution in [0, 0.1) is 5.92 Å². The van der Waals surface area contributed by atoms with Crippen LogP contribution in [0.15, 0.2) is 24.3 Å². The number of alkyl halides is 3. The van der Waals surface area contributed by atoms with Crippen LogP contribution in [0.25, 0.3) is 0 Å². The van der Waals surface area contributed by atoms with E-state index in [0.29, 0.717) is 26.1 Å². The predicted molar refractivity (Wildman–Crippen MR) is 90.2 cm³/mol. The number of amides is 1. The fraction of sp³-hybridized carbons (Fsp3) is 0.562. The van der Waals surface area contributed by atoms with E-state index in [9.17, 15) is 26.4 Å². The molecule has 0 atom stereocenters. The van der Waals surface area contributed by atoms with Gasteiger partial charge < -0.3 is 10.1 Å². The van der Waals surface area contributed by atoms with Crippen LogP contribution in [0.5, 0.6) is 0 Å². The lowest BCUT2D eigenvalue weighted by Crippen LogP contribution is -2.41. The molecule has 0 saturated carbocycles. The predicted octanol–water partition coefficient (Wildman–Crippen LogP) is 2.01. The Morgan fingerprint density at radius 2 is 1.81 bits per heavy atom. The molecule has 1 aromatic carbocycles. The van der Waals surface area contributed by atoms with Crippen LogP contribution in [0.4, 0.5) is 18.9 Å². The number of benzene rings is 1. The van der Waals surface area contributed by atoms with Gasteiger partial charge in [0.25, 0.3) is 0 Å². The van der Waals surface area contributed by atoms with E-state index in [1.807, 2.05) is 0 Å². The number of halogens is 3. The topological polar surface area (TPSA) is 75.7 Å². The van der Waals surface area contributed by atoms with E-state index >= 15 is 0 Å². The molecular formula is C16H21F3N2O4S. The molecule has 0 unspecified atom stereocenters. The number of carbonyl (C=O) groups excluding carboxylic acids is 1. The van der Waals surface area contributed by atoms with Gasteiger partial charge >= 0.3 is 6.18 Å². The summed E-state index contributed by atoms with van der Waals surface area (Å²) in [5.74, 6) is -0.337. The summed E-state index contributed by atoms with van der Waals surface area (Å²) in [4.78, 5) is 12.1. The summed E-state index contributed by atoms with van der Waals surface area (Å²) in [6, 6.07) is 3.86. The van der Waals surface area contributed by atoms with Crippen LogP contribution < -0.4 is 9.62 Å². The molecule has 1 heterocycles. The monoisotopic (exact) mass is 394 g/mol. The molecule has 26 heavy (non-hydrogen) atoms. The summed E-state index contributed by atoms with van der Waals surface area (Å²) in [7, 11) is -3.71. The molecule has 1 aliphatic rings. The van der Waals surface area contributed by atoms with Gasteiger partial charge in [-0.25, -0.2) is 8.42 Å². The Kier molecular flexibility index (Phi) is 6.51. The highest BCUT2D eigenvalue weighted by Crippen LogP contribution is 2.30. The zero-order valence-electron chi connectivity index (χ0n) is 14.3. The molecule has 6 nitrogen and oxygen atoms in total. The van der Waals surface area contributed by atoms with E-state index in [4.69, 9.17) is 4.74 Å². The minimum atomic E-state index is -4.49. The van der Waals surface area contributed by atoms with E-state index < -0.39 is 21.8 Å². The van der Waals surface area contributed by atoms with Gasteiger partial charge in [-0.15, -0.1) is 0 Å². The van der Waals surface area contributed by atoms with Gasteiger partial charge in [0.15, 0.2) is 0 Å². The second-order valence-corrected chi connectivity index (χ2v) is 7.96. The minimum Gasteiger partial charge on any atom is -0.381 e. The van der Waals surface area contributed by atoms with E-state index in [1.54, 1.807) is 0 Å². The van der Waals surface area contributed by atoms with E-state index in [-0.39, 0.29) is 30.6 Å². The third-order valence-corrected chi connectivity index (χ3v) is 5.28. The third kappa shape index (κ3) is 5.60. The maximum atomic E-state index is 12.6. The van der Waals surface area contributed by atoms with Crippen molar-refractivity contribution in [1.29, 1.82) is 0 Å². The molecule has 1 aromatic rings. The molecule has 1 aliphatic heterocycles. The number of nitrogens with zero attached hydrogens (tertiary/aromatic N) is 1. The second-order valence-electron chi connectivity index (χ2n) is 6.06. The highest BCUT2D eigenvalue weighted by atomic mass is 32.2. The van der Waals surface area contributed by atoms with Crippen LogP contribution >= 0.6 is 0 Å². The highest BCUT2D eigenvalue weighted by molar-refractivity contribution is 7.92. The summed E-state index contributed by atoms with van der Waals surface area (Å²) >= 11 is 0. The van der Waals surface area contributed by atoms with Gasteiger partial charge in [-0.05, 0) is 37.1 Å². The molecule has 1 N–H and O–H groups in total. The number of ether oxygens (including phenoxy) is 1. The average molecular weight is 394 g/mol. The standard InChI is InChI=1S/C16H21F3N2O4S/c1-26(23,24)21(14-4-2-13(3-5-14)16(17,18)19)9-8-20-15(22)12-6-10-25-11-7-12/h2-5,12H,6-11H2,1H3,(H,20,22). The number of sulfonamides is 1. The van der Waals surface area contributed by atoms with Gasteiger partial charge in [-0.3, -0.25) is 9.10 Å². The first-order valence-electron chi connectivity index (χ1n) is 8.09. The van der Waals surface area contributed by atoms with Gasteiger partial charge in [0, 0.05) is 25.7 Å². The van der Waals surface area contributed by atoms with Crippen molar-refractivity contribution in [2.45, 2.75) is 19.0 Å². The van der Waals surface area contributed by atoms with Crippen molar-refractivity contribution in [1.82, 2.24) is 5.32 Å². The largest absolute Gasteiger partial charge is 0.416 e. The SMILES string of the molecule is CS(=O)(=O)N(CCNC(=O)C1CCOCC1)c1ccc(C(F)(F)F)cc1. The zero-order valence-corrected chi connectivity index (χ0v) is 15.1. The molecule has 0 spiro atoms. The number of rotatable bonds is 6. The van der Waals surface area contributed by atoms with Crippen LogP contribution in [-0.2, 0) is 25.7 Å². The van der Waals surface area contributed by atoms with Gasteiger partial charge in [-0.2, -0.15) is 13.2 Å². The number of anilines is 1. The van der Waals surface area contributed by atoms with Crippen LogP contribution in [0.2, 0.25) is 0 Å². The Labute approximate surface area is 150 Å². The summed E-state index contributed by atoms with van der Waals surface area (Å²) < 4.78 is 68.0. The van der Waals surface area contributed by atoms with E-state index in [2.05, 4.69) is 5.32 Å². The smallest absolute Gasteiger partial charge is 0.381 e. The molecule has 146 valence electrons. The summed E-state index contributed by atoms with van der Waals surface area (Å²) in [5, 5.41) is 2.68. The van der Waals surface area contributed by atoms with Crippen molar-refractivity contribution in [2.24, 2.45) is 5.92 Å². The molecule has 0 bridgehead atoms. The highest BCUT2D eigenvalue weighted by Gasteiger charge is 2.30. The number of nitrogens with one attached hydrogen (secondary N) is 1. The Bertz CT molecular complexity index is 714. The summed E-state index contributed by atoms with van der Waals surface area (Å²) in [6.45, 7) is 1.02. The Morgan fingerprint density at radius 3 is 2.31 bits per heavy atom. The van der Waals surface area contributed by atoms with Crippen molar-refractivity contribution in [3.63, 3.8) is 0 Å². The first-order valence-corrected chi connectivity index (χ1v) is 9.94. The van der Waals surface area contributed by atoms with Crippen molar-refractivity contribution in [2.75, 3.05) is 36.9 Å². The summed E-state index contributed by atoms with van der Waals surface area (Å²) in [5.41, 5.74) is -0.747. The molecule has 0 radical (unpaired) electrons. The molecular weight excluding hydrogens is 373 g/mol. The minimum absolute atomic E-state index is 0.0598. The van der Waals surface area contributed by atoms with E-state index in [1.165, 1.54) is 0 Å². The second kappa shape index (κ2) is 8.26. The first kappa shape index (κ1) is 20.5. The maximum absolute atomic E-state index is 12.6. The van der Waals surface area contributed by atoms with Crippen LogP contribution in [-0.4, -0.2) is 46.9 Å². The van der Waals surface area contributed by atoms with Crippen molar-refractivity contribution >= 4 is 21.6 Å². The third-order valence-electron chi connectivity index (χ3n) is 4.09. The Hall–Kier alpha value is -1.81. The molecule has 10 heteroatoms. The first-order chi connectivity index (χ1) is 12.1. The van der Waals surface area contributed by atoms with Crippen molar-refractivity contribution in [3.8, 4) is 0 Å². The van der Waals surface area contributed by atoms with Crippen LogP contribution in [0.1, 0.15) is 18.4 Å². The zero-order chi connectivity index (χ0) is 19.4. The van der Waals surface area contributed by atoms with Gasteiger partial charge in [0.05, 0.1) is 24.1 Å². The Morgan fingerprint density at radius 1 is 1.23 bits per heavy atom. The summed E-state index contributed by atoms with van der Waals surface area (Å²) in [6.07, 6.45) is -2.31. The normalized spacial score (nSPS) is 16.3. The molecule has 0 aromatic heterocycles. The lowest BCUT2D eigenvalue weighted by atomic mass is 9.99. The lowest BCUT2D eigenvalue weighted by molar-refractivity contribution is -0.137. The fourth-order valence-electron chi connectivity index (χ4n) is 2.69. The maximum Gasteiger partial charge on any atom is 0.416 e. The molecule has 2 rings (SSSR count). The van der Waals surface area contributed by atoms with Gasteiger partial charge in [-0.1, -0.05) is 0 Å². The van der Waals surface area contributed by atoms with Gasteiger partial charge in [0.2, 0.25) is 15.9 Å². The molecule has 1 fully saturated rings. The van der Waals surface area contributed by atoms with Crippen molar-refractivity contribution in [3.05, 3.63) is 29.8 Å². The quantitative estimate of drug-likeness (QED) is 0.801. The Balaban J connectivity index is 2.00. The van der Waals surface area contributed by atoms with Crippen molar-refractivity contribution < 1.29 is 31.1 Å². The number of hydrogen-bond donors (Lipinski definition) is 1. The van der Waals surface area contributed by atoms with Gasteiger partial charge in [0.1, 0.15) is 0 Å². The van der Waals surface area contributed by atoms with Crippen LogP contribution in [0.3, 0.4) is 0 Å². The number of hydrogen-bond acceptors (Lipinski definition) is 4. The lowest BCUT2D eigenvalue weighted by Gasteiger charge is -2.24. The fourth-order valence-corrected chi connectivity index (χ4v) is 3.62. The molecule has 1 saturated heterocycles. The number of carbonyl (C=O) groups is 1. The molecule has 1 amide bonds.